The summed E-state index contributed by atoms with van der Waals surface area (Å²) in [7, 11) is 0. The summed E-state index contributed by atoms with van der Waals surface area (Å²) in [5, 5.41) is 0. The van der Waals surface area contributed by atoms with Gasteiger partial charge in [0.2, 0.25) is 0 Å². The van der Waals surface area contributed by atoms with Gasteiger partial charge in [-0.2, -0.15) is 0 Å². The topological polar surface area (TPSA) is 38.5 Å². The Labute approximate surface area is 114 Å². The van der Waals surface area contributed by atoms with Crippen molar-refractivity contribution >= 4 is 5.69 Å². The van der Waals surface area contributed by atoms with Crippen LogP contribution in [0.4, 0.5) is 10.1 Å². The second-order valence-corrected chi connectivity index (χ2v) is 5.34. The van der Waals surface area contributed by atoms with Crippen molar-refractivity contribution in [2.75, 3.05) is 31.2 Å². The molecule has 0 amide bonds. The molecule has 2 rings (SSSR count). The molecule has 4 heteroatoms. The van der Waals surface area contributed by atoms with E-state index in [1.165, 1.54) is 12.1 Å². The third-order valence-corrected chi connectivity index (χ3v) is 4.29. The van der Waals surface area contributed by atoms with Gasteiger partial charge in [0.05, 0.1) is 12.1 Å². The standard InChI is InChI=1S/C15H23FN2O/c1-3-18(14-6-4-13(16)5-7-14)15(2,11-17)12-8-9-19-10-12/h4-7,12H,3,8-11,17H2,1-2H3. The molecule has 0 spiro atoms. The Morgan fingerprint density at radius 1 is 1.42 bits per heavy atom. The fourth-order valence-electron chi connectivity index (χ4n) is 2.98. The highest BCUT2D eigenvalue weighted by molar-refractivity contribution is 5.49. The van der Waals surface area contributed by atoms with E-state index in [2.05, 4.69) is 18.7 Å². The SMILES string of the molecule is CCN(c1ccc(F)cc1)C(C)(CN)C1CCOC1. The molecular formula is C15H23FN2O. The van der Waals surface area contributed by atoms with Crippen LogP contribution in [0.2, 0.25) is 0 Å². The zero-order valence-corrected chi connectivity index (χ0v) is 11.7. The molecule has 2 unspecified atom stereocenters. The van der Waals surface area contributed by atoms with Gasteiger partial charge in [-0.15, -0.1) is 0 Å². The molecule has 1 fully saturated rings. The molecule has 106 valence electrons. The summed E-state index contributed by atoms with van der Waals surface area (Å²) in [4.78, 5) is 2.27. The quantitative estimate of drug-likeness (QED) is 0.889. The highest BCUT2D eigenvalue weighted by Crippen LogP contribution is 2.34. The molecule has 0 saturated carbocycles. The number of ether oxygens (including phenoxy) is 1. The molecule has 1 aliphatic heterocycles. The predicted molar refractivity (Wildman–Crippen MR) is 75.8 cm³/mol. The molecule has 0 aromatic heterocycles. The summed E-state index contributed by atoms with van der Waals surface area (Å²) in [5.41, 5.74) is 6.93. The van der Waals surface area contributed by atoms with Gasteiger partial charge in [0, 0.05) is 31.3 Å². The molecule has 1 saturated heterocycles. The normalized spacial score (nSPS) is 22.2. The number of nitrogens with zero attached hydrogens (tertiary/aromatic N) is 1. The van der Waals surface area contributed by atoms with Gasteiger partial charge in [0.1, 0.15) is 5.82 Å². The molecule has 3 nitrogen and oxygen atoms in total. The number of rotatable bonds is 5. The Morgan fingerprint density at radius 2 is 2.11 bits per heavy atom. The fourth-order valence-corrected chi connectivity index (χ4v) is 2.98. The highest BCUT2D eigenvalue weighted by atomic mass is 19.1. The van der Waals surface area contributed by atoms with E-state index in [0.717, 1.165) is 31.9 Å². The molecule has 1 heterocycles. The van der Waals surface area contributed by atoms with Crippen LogP contribution in [0.25, 0.3) is 0 Å². The smallest absolute Gasteiger partial charge is 0.123 e. The molecule has 1 aromatic rings. The molecule has 0 aliphatic carbocycles. The van der Waals surface area contributed by atoms with Gasteiger partial charge in [0.25, 0.3) is 0 Å². The maximum Gasteiger partial charge on any atom is 0.123 e. The Balaban J connectivity index is 2.29. The molecule has 0 radical (unpaired) electrons. The van der Waals surface area contributed by atoms with Crippen LogP contribution in [0.1, 0.15) is 20.3 Å². The van der Waals surface area contributed by atoms with Crippen molar-refractivity contribution in [1.82, 2.24) is 0 Å². The minimum absolute atomic E-state index is 0.150. The van der Waals surface area contributed by atoms with Gasteiger partial charge in [-0.1, -0.05) is 0 Å². The molecule has 19 heavy (non-hydrogen) atoms. The van der Waals surface area contributed by atoms with E-state index < -0.39 is 0 Å². The van der Waals surface area contributed by atoms with Gasteiger partial charge in [-0.3, -0.25) is 0 Å². The zero-order chi connectivity index (χ0) is 13.9. The van der Waals surface area contributed by atoms with Crippen molar-refractivity contribution < 1.29 is 9.13 Å². The van der Waals surface area contributed by atoms with Gasteiger partial charge < -0.3 is 15.4 Å². The molecule has 2 N–H and O–H groups in total. The van der Waals surface area contributed by atoms with E-state index in [1.807, 2.05) is 12.1 Å². The molecular weight excluding hydrogens is 243 g/mol. The third kappa shape index (κ3) is 2.74. The fraction of sp³-hybridized carbons (Fsp3) is 0.600. The lowest BCUT2D eigenvalue weighted by Crippen LogP contribution is -2.57. The average molecular weight is 266 g/mol. The number of hydrogen-bond donors (Lipinski definition) is 1. The van der Waals surface area contributed by atoms with Crippen LogP contribution in [0.5, 0.6) is 0 Å². The number of halogens is 1. The first-order valence-corrected chi connectivity index (χ1v) is 6.93. The van der Waals surface area contributed by atoms with Gasteiger partial charge in [-0.05, 0) is 44.5 Å². The minimum atomic E-state index is -0.210. The monoisotopic (exact) mass is 266 g/mol. The minimum Gasteiger partial charge on any atom is -0.381 e. The van der Waals surface area contributed by atoms with Crippen LogP contribution in [0, 0.1) is 11.7 Å². The largest absolute Gasteiger partial charge is 0.381 e. The van der Waals surface area contributed by atoms with E-state index in [4.69, 9.17) is 10.5 Å². The number of anilines is 1. The number of hydrogen-bond acceptors (Lipinski definition) is 3. The molecule has 1 aromatic carbocycles. The van der Waals surface area contributed by atoms with E-state index >= 15 is 0 Å². The average Bonchev–Trinajstić information content (AvgIpc) is 2.96. The lowest BCUT2D eigenvalue weighted by molar-refractivity contribution is 0.165. The third-order valence-electron chi connectivity index (χ3n) is 4.29. The van der Waals surface area contributed by atoms with E-state index in [9.17, 15) is 4.39 Å². The lowest BCUT2D eigenvalue weighted by atomic mass is 9.82. The molecule has 0 bridgehead atoms. The Morgan fingerprint density at radius 3 is 2.58 bits per heavy atom. The Kier molecular flexibility index (Phi) is 4.42. The van der Waals surface area contributed by atoms with Crippen molar-refractivity contribution in [2.45, 2.75) is 25.8 Å². The summed E-state index contributed by atoms with van der Waals surface area (Å²) < 4.78 is 18.6. The summed E-state index contributed by atoms with van der Waals surface area (Å²) in [5.74, 6) is 0.209. The number of likely N-dealkylation sites (N-methyl/N-ethyl adjacent to an activating group) is 1. The first kappa shape index (κ1) is 14.3. The van der Waals surface area contributed by atoms with Gasteiger partial charge in [-0.25, -0.2) is 4.39 Å². The van der Waals surface area contributed by atoms with Crippen molar-refractivity contribution in [3.63, 3.8) is 0 Å². The first-order chi connectivity index (χ1) is 9.11. The maximum atomic E-state index is 13.1. The summed E-state index contributed by atoms with van der Waals surface area (Å²) >= 11 is 0. The van der Waals surface area contributed by atoms with Gasteiger partial charge in [0.15, 0.2) is 0 Å². The molecule has 1 aliphatic rings. The summed E-state index contributed by atoms with van der Waals surface area (Å²) in [6, 6.07) is 6.64. The Bertz CT molecular complexity index is 403. The van der Waals surface area contributed by atoms with Gasteiger partial charge >= 0.3 is 0 Å². The van der Waals surface area contributed by atoms with E-state index in [1.54, 1.807) is 0 Å². The van der Waals surface area contributed by atoms with Crippen LogP contribution in [-0.4, -0.2) is 31.8 Å². The van der Waals surface area contributed by atoms with Crippen LogP contribution in [0.15, 0.2) is 24.3 Å². The second kappa shape index (κ2) is 5.88. The van der Waals surface area contributed by atoms with Crippen molar-refractivity contribution in [2.24, 2.45) is 11.7 Å². The van der Waals surface area contributed by atoms with Crippen LogP contribution in [-0.2, 0) is 4.74 Å². The maximum absolute atomic E-state index is 13.1. The van der Waals surface area contributed by atoms with Crippen LogP contribution >= 0.6 is 0 Å². The summed E-state index contributed by atoms with van der Waals surface area (Å²) in [6.07, 6.45) is 1.03. The van der Waals surface area contributed by atoms with Crippen molar-refractivity contribution in [3.05, 3.63) is 30.1 Å². The number of nitrogens with two attached hydrogens (primary N) is 1. The second-order valence-electron chi connectivity index (χ2n) is 5.34. The van der Waals surface area contributed by atoms with E-state index in [0.29, 0.717) is 12.5 Å². The van der Waals surface area contributed by atoms with E-state index in [-0.39, 0.29) is 11.4 Å². The Hall–Kier alpha value is -1.13. The first-order valence-electron chi connectivity index (χ1n) is 6.93. The van der Waals surface area contributed by atoms with Crippen molar-refractivity contribution in [3.8, 4) is 0 Å². The van der Waals surface area contributed by atoms with Crippen molar-refractivity contribution in [1.29, 1.82) is 0 Å². The number of benzene rings is 1. The lowest BCUT2D eigenvalue weighted by Gasteiger charge is -2.45. The highest BCUT2D eigenvalue weighted by Gasteiger charge is 2.40. The van der Waals surface area contributed by atoms with Crippen LogP contribution in [0.3, 0.4) is 0 Å². The predicted octanol–water partition coefficient (Wildman–Crippen LogP) is 2.41. The van der Waals surface area contributed by atoms with Crippen LogP contribution < -0.4 is 10.6 Å². The zero-order valence-electron chi connectivity index (χ0n) is 11.7. The molecule has 2 atom stereocenters. The summed E-state index contributed by atoms with van der Waals surface area (Å²) in [6.45, 7) is 7.25.